The summed E-state index contributed by atoms with van der Waals surface area (Å²) in [6.45, 7) is 15.2. The Kier molecular flexibility index (Phi) is 4.65. The Hall–Kier alpha value is -1.09. The number of esters is 1. The molecule has 0 heterocycles. The molecule has 0 aliphatic heterocycles. The van der Waals surface area contributed by atoms with E-state index in [-0.39, 0.29) is 34.4 Å². The summed E-state index contributed by atoms with van der Waals surface area (Å²) in [5.41, 5.74) is 2.06. The van der Waals surface area contributed by atoms with E-state index in [9.17, 15) is 9.90 Å². The number of carbonyl (C=O) groups is 1. The van der Waals surface area contributed by atoms with Gasteiger partial charge in [-0.15, -0.1) is 0 Å². The third-order valence-electron chi connectivity index (χ3n) is 9.69. The fourth-order valence-corrected chi connectivity index (χ4v) is 8.06. The molecule has 4 rings (SSSR count). The lowest BCUT2D eigenvalue weighted by Crippen LogP contribution is -2.61. The molecule has 0 aromatic rings. The van der Waals surface area contributed by atoms with Crippen LogP contribution in [0.25, 0.3) is 0 Å². The molecule has 1 N–H and O–H groups in total. The normalized spacial score (nSPS) is 47.3. The lowest BCUT2D eigenvalue weighted by Gasteiger charge is -2.65. The standard InChI is InChI=1S/C25H38O3/c1-7-15(2)22(27)28-21-16(3)17-8-9-19-24(6)12-11-20(26)23(4,5)18(24)10-13-25(19,21)14-17/h7,17-21,26H,3,8-14H2,1-2,4-6H3/t17-,18?,19?,20?,21-,24?,25?/m1/s1. The molecule has 0 aromatic carbocycles. The van der Waals surface area contributed by atoms with E-state index in [4.69, 9.17) is 4.74 Å². The van der Waals surface area contributed by atoms with Gasteiger partial charge in [-0.3, -0.25) is 0 Å². The molecule has 28 heavy (non-hydrogen) atoms. The Morgan fingerprint density at radius 3 is 2.54 bits per heavy atom. The van der Waals surface area contributed by atoms with Gasteiger partial charge in [-0.1, -0.05) is 33.4 Å². The number of aliphatic hydroxyl groups excluding tert-OH is 1. The minimum atomic E-state index is -0.208. The molecule has 3 nitrogen and oxygen atoms in total. The summed E-state index contributed by atoms with van der Waals surface area (Å²) in [5, 5.41) is 10.7. The third kappa shape index (κ3) is 2.54. The van der Waals surface area contributed by atoms with Crippen molar-refractivity contribution in [3.05, 3.63) is 23.8 Å². The highest BCUT2D eigenvalue weighted by atomic mass is 16.5. The summed E-state index contributed by atoms with van der Waals surface area (Å²) in [6.07, 6.45) is 9.19. The van der Waals surface area contributed by atoms with Crippen LogP contribution in [0, 0.1) is 34.0 Å². The fourth-order valence-electron chi connectivity index (χ4n) is 8.06. The van der Waals surface area contributed by atoms with Crippen molar-refractivity contribution in [1.82, 2.24) is 0 Å². The Bertz CT molecular complexity index is 719. The monoisotopic (exact) mass is 386 g/mol. The van der Waals surface area contributed by atoms with Crippen molar-refractivity contribution in [2.45, 2.75) is 91.8 Å². The average molecular weight is 387 g/mol. The molecule has 1 spiro atoms. The number of carbonyl (C=O) groups excluding carboxylic acids is 1. The molecule has 3 heteroatoms. The smallest absolute Gasteiger partial charge is 0.333 e. The molecule has 4 aliphatic rings. The van der Waals surface area contributed by atoms with Gasteiger partial charge in [0.05, 0.1) is 6.10 Å². The van der Waals surface area contributed by atoms with E-state index in [0.717, 1.165) is 37.7 Å². The van der Waals surface area contributed by atoms with Crippen LogP contribution in [0.2, 0.25) is 0 Å². The van der Waals surface area contributed by atoms with Crippen molar-refractivity contribution >= 4 is 5.97 Å². The zero-order chi connectivity index (χ0) is 20.5. The minimum Gasteiger partial charge on any atom is -0.454 e. The highest BCUT2D eigenvalue weighted by Gasteiger charge is 2.68. The number of allylic oxidation sites excluding steroid dienone is 1. The van der Waals surface area contributed by atoms with Crippen molar-refractivity contribution < 1.29 is 14.6 Å². The summed E-state index contributed by atoms with van der Waals surface area (Å²) in [4.78, 5) is 12.7. The summed E-state index contributed by atoms with van der Waals surface area (Å²) < 4.78 is 6.19. The largest absolute Gasteiger partial charge is 0.454 e. The second-order valence-corrected chi connectivity index (χ2v) is 11.1. The average Bonchev–Trinajstić information content (AvgIpc) is 2.84. The molecule has 156 valence electrons. The van der Waals surface area contributed by atoms with Gasteiger partial charge >= 0.3 is 5.97 Å². The van der Waals surface area contributed by atoms with Gasteiger partial charge in [-0.25, -0.2) is 4.79 Å². The molecule has 7 atom stereocenters. The number of hydrogen-bond acceptors (Lipinski definition) is 3. The van der Waals surface area contributed by atoms with E-state index in [1.165, 1.54) is 12.8 Å². The maximum Gasteiger partial charge on any atom is 0.333 e. The third-order valence-corrected chi connectivity index (χ3v) is 9.69. The molecule has 0 saturated heterocycles. The molecule has 4 aliphatic carbocycles. The van der Waals surface area contributed by atoms with Crippen LogP contribution in [0.4, 0.5) is 0 Å². The maximum atomic E-state index is 12.7. The van der Waals surface area contributed by atoms with Crippen molar-refractivity contribution in [1.29, 1.82) is 0 Å². The van der Waals surface area contributed by atoms with Crippen molar-refractivity contribution in [3.8, 4) is 0 Å². The quantitative estimate of drug-likeness (QED) is 0.391. The van der Waals surface area contributed by atoms with E-state index in [2.05, 4.69) is 27.4 Å². The van der Waals surface area contributed by atoms with Crippen molar-refractivity contribution in [2.75, 3.05) is 0 Å². The summed E-state index contributed by atoms with van der Waals surface area (Å²) in [6, 6.07) is 0. The molecular weight excluding hydrogens is 348 g/mol. The van der Waals surface area contributed by atoms with E-state index in [1.807, 2.05) is 19.9 Å². The lowest BCUT2D eigenvalue weighted by molar-refractivity contribution is -0.201. The first-order chi connectivity index (χ1) is 13.1. The van der Waals surface area contributed by atoms with Crippen LogP contribution < -0.4 is 0 Å². The molecule has 0 radical (unpaired) electrons. The van der Waals surface area contributed by atoms with Crippen LogP contribution >= 0.6 is 0 Å². The van der Waals surface area contributed by atoms with E-state index in [0.29, 0.717) is 23.3 Å². The predicted octanol–water partition coefficient (Wildman–Crippen LogP) is 5.43. The summed E-state index contributed by atoms with van der Waals surface area (Å²) in [5.74, 6) is 1.39. The first kappa shape index (κ1) is 20.2. The van der Waals surface area contributed by atoms with Crippen LogP contribution in [0.5, 0.6) is 0 Å². The van der Waals surface area contributed by atoms with Crippen LogP contribution in [-0.4, -0.2) is 23.3 Å². The van der Waals surface area contributed by atoms with E-state index >= 15 is 0 Å². The highest BCUT2D eigenvalue weighted by Crippen LogP contribution is 2.72. The minimum absolute atomic E-state index is 0.0468. The van der Waals surface area contributed by atoms with E-state index in [1.54, 1.807) is 0 Å². The van der Waals surface area contributed by atoms with Crippen LogP contribution in [0.1, 0.15) is 79.6 Å². The molecule has 2 bridgehead atoms. The molecule has 0 amide bonds. The predicted molar refractivity (Wildman–Crippen MR) is 112 cm³/mol. The highest BCUT2D eigenvalue weighted by molar-refractivity contribution is 5.88. The zero-order valence-corrected chi connectivity index (χ0v) is 18.4. The molecule has 4 fully saturated rings. The number of fused-ring (bicyclic) bond motifs is 3. The first-order valence-electron chi connectivity index (χ1n) is 11.3. The van der Waals surface area contributed by atoms with Gasteiger partial charge in [0.2, 0.25) is 0 Å². The Balaban J connectivity index is 1.72. The Labute approximate surface area is 170 Å². The second-order valence-electron chi connectivity index (χ2n) is 11.1. The van der Waals surface area contributed by atoms with Gasteiger partial charge < -0.3 is 9.84 Å². The zero-order valence-electron chi connectivity index (χ0n) is 18.4. The van der Waals surface area contributed by atoms with Gasteiger partial charge in [0.25, 0.3) is 0 Å². The fraction of sp³-hybridized carbons (Fsp3) is 0.800. The van der Waals surface area contributed by atoms with E-state index < -0.39 is 0 Å². The molecule has 4 saturated carbocycles. The summed E-state index contributed by atoms with van der Waals surface area (Å²) >= 11 is 0. The first-order valence-corrected chi connectivity index (χ1v) is 11.3. The number of rotatable bonds is 2. The SMILES string of the molecule is C=C1[C@@H]2CCC3C4(C)CCC(O)C(C)(C)C4CCC3(C2)[C@@H]1OC(=O)C(C)=CC. The van der Waals surface area contributed by atoms with Gasteiger partial charge in [0, 0.05) is 11.0 Å². The molecular formula is C25H38O3. The maximum absolute atomic E-state index is 12.7. The van der Waals surface area contributed by atoms with Gasteiger partial charge in [-0.2, -0.15) is 0 Å². The number of hydrogen-bond donors (Lipinski definition) is 1. The van der Waals surface area contributed by atoms with Crippen LogP contribution in [-0.2, 0) is 9.53 Å². The number of ether oxygens (including phenoxy) is 1. The van der Waals surface area contributed by atoms with Crippen molar-refractivity contribution in [3.63, 3.8) is 0 Å². The van der Waals surface area contributed by atoms with Gasteiger partial charge in [0.15, 0.2) is 0 Å². The second kappa shape index (κ2) is 6.45. The molecule has 5 unspecified atom stereocenters. The topological polar surface area (TPSA) is 46.5 Å². The Morgan fingerprint density at radius 1 is 1.14 bits per heavy atom. The summed E-state index contributed by atoms with van der Waals surface area (Å²) in [7, 11) is 0. The Morgan fingerprint density at radius 2 is 1.86 bits per heavy atom. The van der Waals surface area contributed by atoms with Crippen LogP contribution in [0.15, 0.2) is 23.8 Å². The molecule has 0 aromatic heterocycles. The van der Waals surface area contributed by atoms with Gasteiger partial charge in [-0.05, 0) is 93.0 Å². The number of aliphatic hydroxyl groups is 1. The lowest BCUT2D eigenvalue weighted by atomic mass is 9.40. The van der Waals surface area contributed by atoms with Gasteiger partial charge in [0.1, 0.15) is 6.10 Å². The van der Waals surface area contributed by atoms with Crippen LogP contribution in [0.3, 0.4) is 0 Å². The van der Waals surface area contributed by atoms with Crippen molar-refractivity contribution in [2.24, 2.45) is 34.0 Å².